The van der Waals surface area contributed by atoms with Gasteiger partial charge in [0.1, 0.15) is 5.82 Å². The van der Waals surface area contributed by atoms with E-state index in [1.54, 1.807) is 30.3 Å². The molecule has 3 aromatic rings. The van der Waals surface area contributed by atoms with Gasteiger partial charge in [-0.3, -0.25) is 9.52 Å². The van der Waals surface area contributed by atoms with E-state index in [4.69, 9.17) is 4.74 Å². The number of nitrogens with one attached hydrogen (secondary N) is 1. The van der Waals surface area contributed by atoms with Gasteiger partial charge in [-0.05, 0) is 60.5 Å². The summed E-state index contributed by atoms with van der Waals surface area (Å²) in [5.74, 6) is -1.66. The van der Waals surface area contributed by atoms with Gasteiger partial charge in [-0.25, -0.2) is 17.6 Å². The van der Waals surface area contributed by atoms with Gasteiger partial charge < -0.3 is 9.64 Å². The van der Waals surface area contributed by atoms with Crippen LogP contribution in [0.3, 0.4) is 0 Å². The van der Waals surface area contributed by atoms with E-state index in [1.807, 2.05) is 13.0 Å². The Labute approximate surface area is 191 Å². The number of ether oxygens (including phenoxy) is 1. The van der Waals surface area contributed by atoms with Crippen LogP contribution in [0.25, 0.3) is 0 Å². The summed E-state index contributed by atoms with van der Waals surface area (Å²) in [6.07, 6.45) is 0. The maximum Gasteiger partial charge on any atom is 0.338 e. The topological polar surface area (TPSA) is 92.8 Å². The van der Waals surface area contributed by atoms with Gasteiger partial charge in [0.15, 0.2) is 6.61 Å². The first-order valence-corrected chi connectivity index (χ1v) is 11.5. The Hall–Kier alpha value is -3.72. The van der Waals surface area contributed by atoms with Gasteiger partial charge in [0.05, 0.1) is 10.5 Å². The molecule has 0 aliphatic carbocycles. The van der Waals surface area contributed by atoms with Crippen LogP contribution < -0.4 is 4.72 Å². The Kier molecular flexibility index (Phi) is 7.44. The second-order valence-corrected chi connectivity index (χ2v) is 9.14. The molecular weight excluding hydrogens is 447 g/mol. The lowest BCUT2D eigenvalue weighted by Gasteiger charge is -2.17. The zero-order chi connectivity index (χ0) is 24.0. The second-order valence-electron chi connectivity index (χ2n) is 7.46. The fourth-order valence-corrected chi connectivity index (χ4v) is 4.08. The lowest BCUT2D eigenvalue weighted by Crippen LogP contribution is -2.30. The summed E-state index contributed by atoms with van der Waals surface area (Å²) in [6, 6.07) is 17.9. The molecule has 0 aliphatic heterocycles. The predicted octanol–water partition coefficient (Wildman–Crippen LogP) is 3.75. The van der Waals surface area contributed by atoms with Gasteiger partial charge in [0, 0.05) is 19.3 Å². The number of hydrogen-bond acceptors (Lipinski definition) is 5. The minimum Gasteiger partial charge on any atom is -0.452 e. The number of nitrogens with zero attached hydrogens (tertiary/aromatic N) is 1. The molecule has 0 atom stereocenters. The van der Waals surface area contributed by atoms with E-state index in [0.717, 1.165) is 11.1 Å². The summed E-state index contributed by atoms with van der Waals surface area (Å²) < 4.78 is 45.9. The Balaban J connectivity index is 1.61. The quantitative estimate of drug-likeness (QED) is 0.506. The summed E-state index contributed by atoms with van der Waals surface area (Å²) >= 11 is 0. The smallest absolute Gasteiger partial charge is 0.338 e. The Bertz CT molecular complexity index is 1260. The lowest BCUT2D eigenvalue weighted by molar-refractivity contribution is -0.133. The fourth-order valence-electron chi connectivity index (χ4n) is 2.99. The Morgan fingerprint density at radius 3 is 2.39 bits per heavy atom. The van der Waals surface area contributed by atoms with E-state index >= 15 is 0 Å². The van der Waals surface area contributed by atoms with Crippen LogP contribution in [0.2, 0.25) is 0 Å². The van der Waals surface area contributed by atoms with Crippen molar-refractivity contribution in [3.05, 3.63) is 95.3 Å². The summed E-state index contributed by atoms with van der Waals surface area (Å²) in [6.45, 7) is 1.54. The van der Waals surface area contributed by atoms with Crippen LogP contribution in [-0.4, -0.2) is 38.8 Å². The van der Waals surface area contributed by atoms with Gasteiger partial charge in [-0.2, -0.15) is 0 Å². The van der Waals surface area contributed by atoms with Gasteiger partial charge in [-0.1, -0.05) is 30.3 Å². The summed E-state index contributed by atoms with van der Waals surface area (Å²) in [7, 11) is -2.40. The van der Waals surface area contributed by atoms with Crippen LogP contribution >= 0.6 is 0 Å². The fraction of sp³-hybridized carbons (Fsp3) is 0.167. The number of aryl methyl sites for hydroxylation is 1. The number of esters is 1. The van der Waals surface area contributed by atoms with Crippen molar-refractivity contribution in [2.45, 2.75) is 18.4 Å². The standard InChI is InChI=1S/C24H23FN2O5S/c1-17-5-3-7-21(13-17)26-33(30,31)22-8-4-6-19(14-22)24(29)32-16-23(28)27(2)15-18-9-11-20(25)12-10-18/h3-14,26H,15-16H2,1-2H3. The highest BCUT2D eigenvalue weighted by molar-refractivity contribution is 7.92. The van der Waals surface area contributed by atoms with Crippen molar-refractivity contribution in [2.75, 3.05) is 18.4 Å². The van der Waals surface area contributed by atoms with Crippen molar-refractivity contribution in [3.63, 3.8) is 0 Å². The molecule has 7 nitrogen and oxygen atoms in total. The Morgan fingerprint density at radius 2 is 1.70 bits per heavy atom. The highest BCUT2D eigenvalue weighted by atomic mass is 32.2. The molecule has 3 aromatic carbocycles. The second kappa shape index (κ2) is 10.3. The zero-order valence-corrected chi connectivity index (χ0v) is 18.9. The maximum absolute atomic E-state index is 13.0. The first-order valence-electron chi connectivity index (χ1n) is 9.99. The van der Waals surface area contributed by atoms with E-state index in [9.17, 15) is 22.4 Å². The maximum atomic E-state index is 13.0. The van der Waals surface area contributed by atoms with Crippen LogP contribution in [-0.2, 0) is 26.1 Å². The number of carbonyl (C=O) groups is 2. The Morgan fingerprint density at radius 1 is 1.00 bits per heavy atom. The van der Waals surface area contributed by atoms with Crippen molar-refractivity contribution < 1.29 is 27.1 Å². The number of carbonyl (C=O) groups excluding carboxylic acids is 2. The minimum absolute atomic E-state index is 0.00361. The SMILES string of the molecule is Cc1cccc(NS(=O)(=O)c2cccc(C(=O)OCC(=O)N(C)Cc3ccc(F)cc3)c2)c1. The minimum atomic E-state index is -3.93. The average Bonchev–Trinajstić information content (AvgIpc) is 2.78. The molecule has 0 saturated heterocycles. The molecule has 172 valence electrons. The highest BCUT2D eigenvalue weighted by Gasteiger charge is 2.19. The van der Waals surface area contributed by atoms with E-state index in [-0.39, 0.29) is 22.8 Å². The van der Waals surface area contributed by atoms with Gasteiger partial charge >= 0.3 is 5.97 Å². The molecule has 0 spiro atoms. The normalized spacial score (nSPS) is 11.0. The molecule has 9 heteroatoms. The molecule has 0 radical (unpaired) electrons. The number of anilines is 1. The van der Waals surface area contributed by atoms with Crippen molar-refractivity contribution >= 4 is 27.6 Å². The average molecular weight is 471 g/mol. The molecule has 0 aliphatic rings. The molecule has 1 amide bonds. The van der Waals surface area contributed by atoms with Crippen LogP contribution in [0.5, 0.6) is 0 Å². The van der Waals surface area contributed by atoms with Crippen LogP contribution in [0.1, 0.15) is 21.5 Å². The van der Waals surface area contributed by atoms with Gasteiger partial charge in [0.25, 0.3) is 15.9 Å². The molecule has 0 unspecified atom stereocenters. The molecule has 1 N–H and O–H groups in total. The first kappa shape index (κ1) is 23.9. The van der Waals surface area contributed by atoms with Gasteiger partial charge in [-0.15, -0.1) is 0 Å². The number of benzene rings is 3. The predicted molar refractivity (Wildman–Crippen MR) is 122 cm³/mol. The van der Waals surface area contributed by atoms with Crippen molar-refractivity contribution in [1.82, 2.24) is 4.90 Å². The van der Waals surface area contributed by atoms with Crippen molar-refractivity contribution in [3.8, 4) is 0 Å². The largest absolute Gasteiger partial charge is 0.452 e. The molecule has 0 aromatic heterocycles. The third kappa shape index (κ3) is 6.63. The number of sulfonamides is 1. The highest BCUT2D eigenvalue weighted by Crippen LogP contribution is 2.18. The summed E-state index contributed by atoms with van der Waals surface area (Å²) in [5.41, 5.74) is 2.01. The number of rotatable bonds is 8. The molecular formula is C24H23FN2O5S. The summed E-state index contributed by atoms with van der Waals surface area (Å²) in [5, 5.41) is 0. The van der Waals surface area contributed by atoms with Crippen molar-refractivity contribution in [1.29, 1.82) is 0 Å². The number of hydrogen-bond donors (Lipinski definition) is 1. The first-order chi connectivity index (χ1) is 15.6. The third-order valence-corrected chi connectivity index (χ3v) is 6.11. The molecule has 0 fully saturated rings. The zero-order valence-electron chi connectivity index (χ0n) is 18.1. The van der Waals surface area contributed by atoms with E-state index in [1.165, 1.54) is 48.3 Å². The van der Waals surface area contributed by atoms with Crippen molar-refractivity contribution in [2.24, 2.45) is 0 Å². The number of likely N-dealkylation sites (N-methyl/N-ethyl adjacent to an activating group) is 1. The van der Waals surface area contributed by atoms with Crippen LogP contribution in [0.15, 0.2) is 77.7 Å². The monoisotopic (exact) mass is 470 g/mol. The number of amides is 1. The van der Waals surface area contributed by atoms with E-state index in [2.05, 4.69) is 4.72 Å². The van der Waals surface area contributed by atoms with Gasteiger partial charge in [0.2, 0.25) is 0 Å². The molecule has 3 rings (SSSR count). The van der Waals surface area contributed by atoms with E-state index in [0.29, 0.717) is 5.69 Å². The molecule has 0 heterocycles. The molecule has 0 bridgehead atoms. The molecule has 0 saturated carbocycles. The lowest BCUT2D eigenvalue weighted by atomic mass is 10.2. The van der Waals surface area contributed by atoms with E-state index < -0.39 is 28.5 Å². The van der Waals surface area contributed by atoms with Crippen LogP contribution in [0.4, 0.5) is 10.1 Å². The summed E-state index contributed by atoms with van der Waals surface area (Å²) in [4.78, 5) is 25.9. The third-order valence-electron chi connectivity index (χ3n) is 4.74. The molecule has 33 heavy (non-hydrogen) atoms. The van der Waals surface area contributed by atoms with Crippen LogP contribution in [0, 0.1) is 12.7 Å². The number of halogens is 1.